The van der Waals surface area contributed by atoms with E-state index in [0.29, 0.717) is 6.61 Å². The van der Waals surface area contributed by atoms with Gasteiger partial charge in [0, 0.05) is 29.8 Å². The highest BCUT2D eigenvalue weighted by Crippen LogP contribution is 2.51. The molecule has 0 saturated heterocycles. The molecular weight excluding hydrogens is 372 g/mol. The molecule has 1 spiro atoms. The first-order valence-corrected chi connectivity index (χ1v) is 10.6. The summed E-state index contributed by atoms with van der Waals surface area (Å²) in [7, 11) is 0. The van der Waals surface area contributed by atoms with Crippen LogP contribution < -0.4 is 9.47 Å². The largest absolute Gasteiger partial charge is 0.494 e. The van der Waals surface area contributed by atoms with E-state index in [1.807, 2.05) is 37.3 Å². The summed E-state index contributed by atoms with van der Waals surface area (Å²) in [5, 5.41) is 8.10. The van der Waals surface area contributed by atoms with Crippen LogP contribution in [0.2, 0.25) is 5.02 Å². The molecule has 3 aliphatic rings. The highest BCUT2D eigenvalue weighted by Gasteiger charge is 2.50. The number of fused-ring (bicyclic) bond motifs is 4. The van der Waals surface area contributed by atoms with Gasteiger partial charge in [-0.25, -0.2) is 5.01 Å². The lowest BCUT2D eigenvalue weighted by molar-refractivity contribution is -0.140. The second-order valence-corrected chi connectivity index (χ2v) is 8.30. The van der Waals surface area contributed by atoms with Crippen LogP contribution in [0.5, 0.6) is 11.5 Å². The first kappa shape index (κ1) is 17.9. The molecule has 2 heterocycles. The normalized spacial score (nSPS) is 22.3. The molecule has 2 aromatic carbocycles. The number of hydrogen-bond donors (Lipinski definition) is 0. The minimum absolute atomic E-state index is 0.183. The highest BCUT2D eigenvalue weighted by atomic mass is 35.5. The predicted molar refractivity (Wildman–Crippen MR) is 111 cm³/mol. The molecule has 5 rings (SSSR count). The SMILES string of the molecule is CCOc1ccc(C2=NN3[C@H](C2)c2cc(Cl)ccc2OC32CCCCC2)cc1. The van der Waals surface area contributed by atoms with E-state index in [1.165, 1.54) is 19.3 Å². The molecule has 1 fully saturated rings. The minimum Gasteiger partial charge on any atom is -0.494 e. The van der Waals surface area contributed by atoms with Crippen molar-refractivity contribution in [3.63, 3.8) is 0 Å². The predicted octanol–water partition coefficient (Wildman–Crippen LogP) is 5.94. The molecule has 2 aliphatic heterocycles. The van der Waals surface area contributed by atoms with Crippen LogP contribution in [0.25, 0.3) is 0 Å². The fraction of sp³-hybridized carbons (Fsp3) is 0.435. The van der Waals surface area contributed by atoms with E-state index in [0.717, 1.165) is 52.6 Å². The third-order valence-electron chi connectivity index (χ3n) is 6.09. The Kier molecular flexibility index (Phi) is 4.47. The molecule has 0 amide bonds. The van der Waals surface area contributed by atoms with Crippen molar-refractivity contribution in [2.45, 2.75) is 57.2 Å². The van der Waals surface area contributed by atoms with E-state index in [2.05, 4.69) is 17.1 Å². The maximum atomic E-state index is 6.60. The van der Waals surface area contributed by atoms with Crippen molar-refractivity contribution < 1.29 is 9.47 Å². The number of rotatable bonds is 3. The van der Waals surface area contributed by atoms with Crippen molar-refractivity contribution in [2.24, 2.45) is 5.10 Å². The molecule has 0 radical (unpaired) electrons. The zero-order valence-corrected chi connectivity index (χ0v) is 16.9. The fourth-order valence-electron chi connectivity index (χ4n) is 4.77. The average molecular weight is 397 g/mol. The molecule has 0 unspecified atom stereocenters. The lowest BCUT2D eigenvalue weighted by atomic mass is 9.86. The zero-order chi connectivity index (χ0) is 19.1. The van der Waals surface area contributed by atoms with Gasteiger partial charge in [0.05, 0.1) is 18.4 Å². The quantitative estimate of drug-likeness (QED) is 0.643. The summed E-state index contributed by atoms with van der Waals surface area (Å²) in [6, 6.07) is 14.4. The van der Waals surface area contributed by atoms with Gasteiger partial charge in [-0.3, -0.25) is 0 Å². The molecule has 0 aromatic heterocycles. The summed E-state index contributed by atoms with van der Waals surface area (Å²) >= 11 is 6.32. The molecular formula is C23H25ClN2O2. The van der Waals surface area contributed by atoms with Crippen molar-refractivity contribution in [3.8, 4) is 11.5 Å². The van der Waals surface area contributed by atoms with E-state index in [1.54, 1.807) is 0 Å². The van der Waals surface area contributed by atoms with E-state index in [4.69, 9.17) is 26.2 Å². The number of hydrogen-bond acceptors (Lipinski definition) is 4. The maximum absolute atomic E-state index is 6.60. The highest BCUT2D eigenvalue weighted by molar-refractivity contribution is 6.30. The Morgan fingerprint density at radius 3 is 2.68 bits per heavy atom. The Labute approximate surface area is 171 Å². The number of nitrogens with zero attached hydrogens (tertiary/aromatic N) is 2. The standard InChI is InChI=1S/C23H25ClN2O2/c1-2-27-18-9-6-16(7-10-18)20-15-21-19-14-17(24)8-11-22(19)28-23(26(21)25-20)12-4-3-5-13-23/h6-11,14,21H,2-5,12-13,15H2,1H3/t21-/m1/s1. The zero-order valence-electron chi connectivity index (χ0n) is 16.2. The molecule has 0 N–H and O–H groups in total. The van der Waals surface area contributed by atoms with E-state index >= 15 is 0 Å². The van der Waals surface area contributed by atoms with Crippen LogP contribution in [-0.2, 0) is 0 Å². The first-order valence-electron chi connectivity index (χ1n) is 10.3. The summed E-state index contributed by atoms with van der Waals surface area (Å²) in [5.41, 5.74) is 3.08. The molecule has 146 valence electrons. The monoisotopic (exact) mass is 396 g/mol. The van der Waals surface area contributed by atoms with Gasteiger partial charge >= 0.3 is 0 Å². The van der Waals surface area contributed by atoms with Gasteiger partial charge in [0.2, 0.25) is 0 Å². The Balaban J connectivity index is 1.53. The molecule has 0 bridgehead atoms. The Morgan fingerprint density at radius 1 is 1.14 bits per heavy atom. The third kappa shape index (κ3) is 2.95. The van der Waals surface area contributed by atoms with Crippen LogP contribution in [0.1, 0.15) is 62.6 Å². The van der Waals surface area contributed by atoms with Crippen LogP contribution in [-0.4, -0.2) is 23.1 Å². The lowest BCUT2D eigenvalue weighted by Gasteiger charge is -2.49. The first-order chi connectivity index (χ1) is 13.7. The van der Waals surface area contributed by atoms with Gasteiger partial charge in [0.1, 0.15) is 11.5 Å². The van der Waals surface area contributed by atoms with Gasteiger partial charge < -0.3 is 9.47 Å². The molecule has 1 saturated carbocycles. The number of ether oxygens (including phenoxy) is 2. The molecule has 1 aliphatic carbocycles. The Bertz CT molecular complexity index is 903. The van der Waals surface area contributed by atoms with Crippen LogP contribution >= 0.6 is 11.6 Å². The summed E-state index contributed by atoms with van der Waals surface area (Å²) in [4.78, 5) is 0. The van der Waals surface area contributed by atoms with E-state index in [-0.39, 0.29) is 11.8 Å². The van der Waals surface area contributed by atoms with Crippen LogP contribution in [0.3, 0.4) is 0 Å². The van der Waals surface area contributed by atoms with Gasteiger partial charge in [-0.2, -0.15) is 5.10 Å². The summed E-state index contributed by atoms with van der Waals surface area (Å²) in [6.45, 7) is 2.67. The molecule has 1 atom stereocenters. The van der Waals surface area contributed by atoms with Gasteiger partial charge in [-0.05, 0) is 67.8 Å². The van der Waals surface area contributed by atoms with Crippen molar-refractivity contribution in [1.29, 1.82) is 0 Å². The fourth-order valence-corrected chi connectivity index (χ4v) is 4.95. The Morgan fingerprint density at radius 2 is 1.93 bits per heavy atom. The van der Waals surface area contributed by atoms with Crippen LogP contribution in [0, 0.1) is 0 Å². The molecule has 5 heteroatoms. The van der Waals surface area contributed by atoms with Gasteiger partial charge in [-0.1, -0.05) is 18.0 Å². The molecule has 4 nitrogen and oxygen atoms in total. The topological polar surface area (TPSA) is 34.1 Å². The van der Waals surface area contributed by atoms with E-state index in [9.17, 15) is 0 Å². The van der Waals surface area contributed by atoms with E-state index < -0.39 is 0 Å². The summed E-state index contributed by atoms with van der Waals surface area (Å²) in [6.07, 6.45) is 6.54. The van der Waals surface area contributed by atoms with Crippen molar-refractivity contribution in [1.82, 2.24) is 5.01 Å². The number of hydrazone groups is 1. The smallest absolute Gasteiger partial charge is 0.198 e. The number of benzene rings is 2. The van der Waals surface area contributed by atoms with Crippen molar-refractivity contribution in [2.75, 3.05) is 6.61 Å². The second kappa shape index (κ2) is 7.00. The number of halogens is 1. The van der Waals surface area contributed by atoms with Crippen molar-refractivity contribution >= 4 is 17.3 Å². The minimum atomic E-state index is -0.323. The van der Waals surface area contributed by atoms with Gasteiger partial charge in [0.15, 0.2) is 5.72 Å². The molecule has 28 heavy (non-hydrogen) atoms. The van der Waals surface area contributed by atoms with Crippen LogP contribution in [0.4, 0.5) is 0 Å². The third-order valence-corrected chi connectivity index (χ3v) is 6.33. The average Bonchev–Trinajstić information content (AvgIpc) is 3.17. The lowest BCUT2D eigenvalue weighted by Crippen LogP contribution is -2.54. The summed E-state index contributed by atoms with van der Waals surface area (Å²) < 4.78 is 12.2. The maximum Gasteiger partial charge on any atom is 0.198 e. The van der Waals surface area contributed by atoms with Gasteiger partial charge in [0.25, 0.3) is 0 Å². The summed E-state index contributed by atoms with van der Waals surface area (Å²) in [5.74, 6) is 1.86. The molecule has 2 aromatic rings. The van der Waals surface area contributed by atoms with Crippen molar-refractivity contribution in [3.05, 3.63) is 58.6 Å². The van der Waals surface area contributed by atoms with Gasteiger partial charge in [-0.15, -0.1) is 0 Å². The Hall–Kier alpha value is -2.20. The second-order valence-electron chi connectivity index (χ2n) is 7.86. The van der Waals surface area contributed by atoms with Crippen LogP contribution in [0.15, 0.2) is 47.6 Å².